The Morgan fingerprint density at radius 3 is 2.07 bits per heavy atom. The summed E-state index contributed by atoms with van der Waals surface area (Å²) in [6.07, 6.45) is -0.182. The lowest BCUT2D eigenvalue weighted by molar-refractivity contribution is -0.157. The van der Waals surface area contributed by atoms with E-state index in [9.17, 15) is 9.59 Å². The van der Waals surface area contributed by atoms with Crippen LogP contribution in [0.15, 0.2) is 48.5 Å². The van der Waals surface area contributed by atoms with Crippen molar-refractivity contribution in [2.45, 2.75) is 51.7 Å². The Hall–Kier alpha value is -2.82. The van der Waals surface area contributed by atoms with Crippen LogP contribution >= 0.6 is 0 Å². The second-order valence-electron chi connectivity index (χ2n) is 7.96. The van der Waals surface area contributed by atoms with E-state index in [0.717, 1.165) is 11.1 Å². The van der Waals surface area contributed by atoms with E-state index in [-0.39, 0.29) is 14.0 Å². The van der Waals surface area contributed by atoms with Crippen LogP contribution in [-0.2, 0) is 14.3 Å². The van der Waals surface area contributed by atoms with Crippen LogP contribution in [-0.4, -0.2) is 30.3 Å². The van der Waals surface area contributed by atoms with Gasteiger partial charge in [-0.3, -0.25) is 0 Å². The molecule has 1 aliphatic rings. The minimum absolute atomic E-state index is 0. The van der Waals surface area contributed by atoms with Crippen molar-refractivity contribution in [3.8, 4) is 11.1 Å². The van der Waals surface area contributed by atoms with E-state index in [1.807, 2.05) is 31.2 Å². The molecule has 5 heteroatoms. The normalized spacial score (nSPS) is 14.0. The van der Waals surface area contributed by atoms with Crippen LogP contribution in [0, 0.1) is 0 Å². The van der Waals surface area contributed by atoms with E-state index < -0.39 is 23.7 Å². The number of hydrogen-bond acceptors (Lipinski definition) is 4. The van der Waals surface area contributed by atoms with Gasteiger partial charge in [0.05, 0.1) is 0 Å². The first-order valence-electron chi connectivity index (χ1n) is 9.64. The number of rotatable bonds is 5. The second-order valence-corrected chi connectivity index (χ2v) is 7.96. The quantitative estimate of drug-likeness (QED) is 0.747. The third-order valence-electron chi connectivity index (χ3n) is 4.74. The van der Waals surface area contributed by atoms with Crippen LogP contribution in [0.2, 0.25) is 0 Å². The average molecular weight is 383 g/mol. The summed E-state index contributed by atoms with van der Waals surface area (Å²) in [7, 11) is 0. The van der Waals surface area contributed by atoms with Crippen molar-refractivity contribution in [1.82, 2.24) is 5.32 Å². The second kappa shape index (κ2) is 8.05. The minimum Gasteiger partial charge on any atom is -0.458 e. The Bertz CT molecular complexity index is 830. The lowest BCUT2D eigenvalue weighted by Crippen LogP contribution is -2.44. The molecule has 150 valence electrons. The molecule has 0 fully saturated rings. The zero-order valence-electron chi connectivity index (χ0n) is 16.8. The number of hydrogen-bond donors (Lipinski definition) is 1. The number of esters is 1. The van der Waals surface area contributed by atoms with Crippen molar-refractivity contribution in [1.29, 1.82) is 0 Å². The number of nitrogens with one attached hydrogen (secondary N) is 1. The highest BCUT2D eigenvalue weighted by Gasteiger charge is 2.30. The maximum atomic E-state index is 12.3. The molecule has 0 aromatic heterocycles. The number of alkyl carbamates (subject to hydrolysis) is 1. The van der Waals surface area contributed by atoms with Crippen LogP contribution in [0.25, 0.3) is 11.1 Å². The van der Waals surface area contributed by atoms with Crippen LogP contribution in [0.5, 0.6) is 0 Å². The fourth-order valence-electron chi connectivity index (χ4n) is 3.48. The molecule has 0 saturated heterocycles. The van der Waals surface area contributed by atoms with Crippen molar-refractivity contribution < 1.29 is 20.5 Å². The lowest BCUT2D eigenvalue weighted by atomic mass is 9.98. The monoisotopic (exact) mass is 383 g/mol. The van der Waals surface area contributed by atoms with Gasteiger partial charge in [-0.15, -0.1) is 0 Å². The third-order valence-corrected chi connectivity index (χ3v) is 4.74. The Kier molecular flexibility index (Phi) is 5.73. The van der Waals surface area contributed by atoms with E-state index in [1.165, 1.54) is 11.1 Å². The third kappa shape index (κ3) is 4.35. The summed E-state index contributed by atoms with van der Waals surface area (Å²) in [5.41, 5.74) is 4.04. The first-order valence-corrected chi connectivity index (χ1v) is 9.64. The molecule has 28 heavy (non-hydrogen) atoms. The van der Waals surface area contributed by atoms with Gasteiger partial charge in [-0.05, 0) is 49.4 Å². The number of amides is 1. The minimum atomic E-state index is -0.727. The molecule has 0 heterocycles. The van der Waals surface area contributed by atoms with Gasteiger partial charge < -0.3 is 14.8 Å². The molecule has 0 radical (unpaired) electrons. The highest BCUT2D eigenvalue weighted by Crippen LogP contribution is 2.44. The topological polar surface area (TPSA) is 64.6 Å². The fraction of sp³-hybridized carbons (Fsp3) is 0.391. The van der Waals surface area contributed by atoms with Crippen molar-refractivity contribution >= 4 is 12.1 Å². The molecule has 1 N–H and O–H groups in total. The maximum Gasteiger partial charge on any atom is 0.407 e. The Morgan fingerprint density at radius 1 is 1.04 bits per heavy atom. The zero-order valence-corrected chi connectivity index (χ0v) is 16.8. The molecule has 1 amide bonds. The Balaban J connectivity index is 0.00000300. The smallest absolute Gasteiger partial charge is 0.407 e. The number of fused-ring (bicyclic) bond motifs is 3. The van der Waals surface area contributed by atoms with Gasteiger partial charge in [0.15, 0.2) is 0 Å². The van der Waals surface area contributed by atoms with E-state index >= 15 is 0 Å². The van der Waals surface area contributed by atoms with Gasteiger partial charge in [0, 0.05) is 7.34 Å². The SMILES string of the molecule is CC[C@H](NC(=O)OCC1c2ccccc2-c2ccccc21)C(=O)OC(C)(C)C.[HH]. The number of benzene rings is 2. The van der Waals surface area contributed by atoms with Crippen LogP contribution in [0.1, 0.15) is 52.6 Å². The first kappa shape index (κ1) is 19.9. The zero-order chi connectivity index (χ0) is 20.3. The molecule has 0 unspecified atom stereocenters. The molecule has 1 atom stereocenters. The summed E-state index contributed by atoms with van der Waals surface area (Å²) in [5, 5.41) is 2.63. The van der Waals surface area contributed by atoms with Gasteiger partial charge in [-0.25, -0.2) is 9.59 Å². The summed E-state index contributed by atoms with van der Waals surface area (Å²) >= 11 is 0. The number of ether oxygens (including phenoxy) is 2. The Labute approximate surface area is 167 Å². The summed E-state index contributed by atoms with van der Waals surface area (Å²) in [4.78, 5) is 24.5. The Morgan fingerprint density at radius 2 is 1.57 bits per heavy atom. The van der Waals surface area contributed by atoms with Gasteiger partial charge in [-0.2, -0.15) is 0 Å². The fourth-order valence-corrected chi connectivity index (χ4v) is 3.48. The van der Waals surface area contributed by atoms with E-state index in [0.29, 0.717) is 6.42 Å². The van der Waals surface area contributed by atoms with Crippen molar-refractivity contribution in [3.63, 3.8) is 0 Å². The first-order chi connectivity index (χ1) is 13.3. The predicted octanol–water partition coefficient (Wildman–Crippen LogP) is 4.89. The molecule has 2 aromatic carbocycles. The molecule has 0 bridgehead atoms. The molecule has 0 spiro atoms. The van der Waals surface area contributed by atoms with Gasteiger partial charge in [0.2, 0.25) is 0 Å². The van der Waals surface area contributed by atoms with Gasteiger partial charge in [0.1, 0.15) is 18.2 Å². The van der Waals surface area contributed by atoms with Crippen LogP contribution in [0.4, 0.5) is 4.79 Å². The van der Waals surface area contributed by atoms with Gasteiger partial charge in [0.25, 0.3) is 0 Å². The molecule has 2 aromatic rings. The van der Waals surface area contributed by atoms with Crippen molar-refractivity contribution in [3.05, 3.63) is 59.7 Å². The van der Waals surface area contributed by atoms with Crippen LogP contribution in [0.3, 0.4) is 0 Å². The highest BCUT2D eigenvalue weighted by molar-refractivity contribution is 5.82. The molecular weight excluding hydrogens is 354 g/mol. The van der Waals surface area contributed by atoms with Gasteiger partial charge in [-0.1, -0.05) is 55.5 Å². The standard InChI is InChI=1S/C23H27NO4.H2/c1-5-20(21(25)28-23(2,3)4)24-22(26)27-14-19-17-12-8-6-10-15(17)16-11-7-9-13-18(16)19;/h6-13,19-20H,5,14H2,1-4H3,(H,24,26);1H/t20-;/m0./s1. The molecule has 1 aliphatic carbocycles. The summed E-state index contributed by atoms with van der Waals surface area (Å²) in [6, 6.07) is 15.6. The van der Waals surface area contributed by atoms with E-state index in [4.69, 9.17) is 9.47 Å². The largest absolute Gasteiger partial charge is 0.458 e. The molecule has 0 saturated carbocycles. The van der Waals surface area contributed by atoms with E-state index in [2.05, 4.69) is 29.6 Å². The van der Waals surface area contributed by atoms with Crippen molar-refractivity contribution in [2.24, 2.45) is 0 Å². The average Bonchev–Trinajstić information content (AvgIpc) is 2.97. The maximum absolute atomic E-state index is 12.3. The lowest BCUT2D eigenvalue weighted by Gasteiger charge is -2.24. The van der Waals surface area contributed by atoms with Crippen LogP contribution < -0.4 is 5.32 Å². The van der Waals surface area contributed by atoms with Crippen molar-refractivity contribution in [2.75, 3.05) is 6.61 Å². The highest BCUT2D eigenvalue weighted by atomic mass is 16.6. The molecule has 0 aliphatic heterocycles. The predicted molar refractivity (Wildman–Crippen MR) is 110 cm³/mol. The number of carbonyl (C=O) groups excluding carboxylic acids is 2. The van der Waals surface area contributed by atoms with E-state index in [1.54, 1.807) is 20.8 Å². The molecule has 3 rings (SSSR count). The molecule has 5 nitrogen and oxygen atoms in total. The molecular formula is C23H29NO4. The summed E-state index contributed by atoms with van der Waals surface area (Å²) < 4.78 is 10.8. The number of carbonyl (C=O) groups is 2. The van der Waals surface area contributed by atoms with Gasteiger partial charge >= 0.3 is 12.1 Å². The summed E-state index contributed by atoms with van der Waals surface area (Å²) in [5.74, 6) is -0.469. The summed E-state index contributed by atoms with van der Waals surface area (Å²) in [6.45, 7) is 7.42.